The highest BCUT2D eigenvalue weighted by Crippen LogP contribution is 2.66. The molecule has 0 bridgehead atoms. The molecule has 0 unspecified atom stereocenters. The molecular weight excluding hydrogens is 310 g/mol. The van der Waals surface area contributed by atoms with Gasteiger partial charge in [0.05, 0.1) is 6.10 Å². The van der Waals surface area contributed by atoms with Crippen LogP contribution in [0.25, 0.3) is 0 Å². The summed E-state index contributed by atoms with van der Waals surface area (Å²) in [5.41, 5.74) is 1.32. The number of hydrogen-bond donors (Lipinski definition) is 1. The third-order valence-electron chi connectivity index (χ3n) is 8.69. The number of aliphatic hydroxyl groups is 1. The number of hydrogen-bond acceptors (Lipinski definition) is 3. The van der Waals surface area contributed by atoms with E-state index in [4.69, 9.17) is 0 Å². The van der Waals surface area contributed by atoms with Crippen LogP contribution in [0.5, 0.6) is 0 Å². The highest BCUT2D eigenvalue weighted by molar-refractivity contribution is 6.02. The number of ketones is 1. The third-order valence-corrected chi connectivity index (χ3v) is 8.69. The van der Waals surface area contributed by atoms with Crippen LogP contribution in [0.1, 0.15) is 65.2 Å². The van der Waals surface area contributed by atoms with E-state index in [1.807, 2.05) is 19.0 Å². The summed E-state index contributed by atoms with van der Waals surface area (Å²) in [5, 5.41) is 10.1. The van der Waals surface area contributed by atoms with E-state index >= 15 is 0 Å². The molecule has 0 aliphatic heterocycles. The predicted octanol–water partition coefficient (Wildman–Crippen LogP) is 4.01. The fraction of sp³-hybridized carbons (Fsp3) is 0.864. The Bertz CT molecular complexity index is 597. The maximum Gasteiger partial charge on any atom is 0.166 e. The fourth-order valence-corrected chi connectivity index (χ4v) is 7.33. The van der Waals surface area contributed by atoms with Crippen molar-refractivity contribution in [2.75, 3.05) is 14.1 Å². The van der Waals surface area contributed by atoms with E-state index in [2.05, 4.69) is 20.0 Å². The molecule has 0 radical (unpaired) electrons. The summed E-state index contributed by atoms with van der Waals surface area (Å²) in [5.74, 6) is 3.11. The second-order valence-electron chi connectivity index (χ2n) is 10.2. The number of allylic oxidation sites excluding steroid dienone is 1. The molecule has 0 aromatic rings. The minimum Gasteiger partial charge on any atom is -0.393 e. The lowest BCUT2D eigenvalue weighted by atomic mass is 9.45. The zero-order chi connectivity index (χ0) is 18.0. The first-order valence-electron chi connectivity index (χ1n) is 10.4. The number of aliphatic hydroxyl groups excluding tert-OH is 1. The lowest BCUT2D eigenvalue weighted by Gasteiger charge is -2.59. The first kappa shape index (κ1) is 17.6. The Morgan fingerprint density at radius 1 is 1.08 bits per heavy atom. The number of nitrogens with zero attached hydrogens (tertiary/aromatic N) is 1. The standard InChI is InChI=1S/C22H35NO2/c1-21-9-7-16(24)12-15(21)5-6-17-18(21)8-10-22(2)19(17)11-14(20(22)25)13-23(3)4/h13,15-19,24H,5-12H2,1-4H3/b14-13+/t15-,16+,17+,18-,19-,21-,22-/m0/s1. The lowest BCUT2D eigenvalue weighted by Crippen LogP contribution is -2.54. The molecule has 0 aromatic carbocycles. The smallest absolute Gasteiger partial charge is 0.166 e. The van der Waals surface area contributed by atoms with Gasteiger partial charge in [0.25, 0.3) is 0 Å². The first-order valence-corrected chi connectivity index (χ1v) is 10.4. The van der Waals surface area contributed by atoms with E-state index in [9.17, 15) is 9.90 Å². The van der Waals surface area contributed by atoms with E-state index < -0.39 is 0 Å². The first-order chi connectivity index (χ1) is 11.8. The number of Topliss-reactive ketones (excluding diaryl/α,β-unsaturated/α-hetero) is 1. The van der Waals surface area contributed by atoms with Crippen LogP contribution in [-0.4, -0.2) is 36.0 Å². The van der Waals surface area contributed by atoms with Gasteiger partial charge in [0.15, 0.2) is 5.78 Å². The lowest BCUT2D eigenvalue weighted by molar-refractivity contribution is -0.141. The fourth-order valence-electron chi connectivity index (χ4n) is 7.33. The Kier molecular flexibility index (Phi) is 4.10. The van der Waals surface area contributed by atoms with Crippen LogP contribution in [0.4, 0.5) is 0 Å². The van der Waals surface area contributed by atoms with Gasteiger partial charge in [0.1, 0.15) is 0 Å². The maximum atomic E-state index is 13.1. The van der Waals surface area contributed by atoms with Crippen molar-refractivity contribution < 1.29 is 9.90 Å². The molecule has 4 saturated carbocycles. The summed E-state index contributed by atoms with van der Waals surface area (Å²) < 4.78 is 0. The van der Waals surface area contributed by atoms with Crippen LogP contribution >= 0.6 is 0 Å². The van der Waals surface area contributed by atoms with E-state index in [0.29, 0.717) is 29.0 Å². The van der Waals surface area contributed by atoms with Crippen molar-refractivity contribution in [3.05, 3.63) is 11.8 Å². The molecule has 4 aliphatic carbocycles. The van der Waals surface area contributed by atoms with Gasteiger partial charge in [0, 0.05) is 31.3 Å². The van der Waals surface area contributed by atoms with Gasteiger partial charge >= 0.3 is 0 Å². The zero-order valence-electron chi connectivity index (χ0n) is 16.4. The Labute approximate surface area is 152 Å². The molecule has 0 spiro atoms. The van der Waals surface area contributed by atoms with Crippen LogP contribution in [0.2, 0.25) is 0 Å². The highest BCUT2D eigenvalue weighted by atomic mass is 16.3. The van der Waals surface area contributed by atoms with Gasteiger partial charge in [-0.05, 0) is 80.5 Å². The third kappa shape index (κ3) is 2.52. The zero-order valence-corrected chi connectivity index (χ0v) is 16.4. The van der Waals surface area contributed by atoms with Gasteiger partial charge in [-0.2, -0.15) is 0 Å². The Hall–Kier alpha value is -0.830. The van der Waals surface area contributed by atoms with Crippen molar-refractivity contribution in [3.8, 4) is 0 Å². The van der Waals surface area contributed by atoms with Crippen LogP contribution in [-0.2, 0) is 4.79 Å². The maximum absolute atomic E-state index is 13.1. The predicted molar refractivity (Wildman–Crippen MR) is 99.9 cm³/mol. The number of rotatable bonds is 1. The van der Waals surface area contributed by atoms with Crippen LogP contribution in [0.3, 0.4) is 0 Å². The van der Waals surface area contributed by atoms with Crippen LogP contribution in [0, 0.1) is 34.5 Å². The molecule has 4 fully saturated rings. The van der Waals surface area contributed by atoms with Crippen molar-refractivity contribution in [3.63, 3.8) is 0 Å². The molecule has 140 valence electrons. The molecule has 7 atom stereocenters. The molecule has 1 N–H and O–H groups in total. The van der Waals surface area contributed by atoms with E-state index in [-0.39, 0.29) is 11.5 Å². The average molecular weight is 346 g/mol. The van der Waals surface area contributed by atoms with Gasteiger partial charge in [0.2, 0.25) is 0 Å². The van der Waals surface area contributed by atoms with E-state index in [1.165, 1.54) is 25.7 Å². The summed E-state index contributed by atoms with van der Waals surface area (Å²) in [6, 6.07) is 0. The van der Waals surface area contributed by atoms with Gasteiger partial charge in [-0.3, -0.25) is 4.79 Å². The summed E-state index contributed by atoms with van der Waals surface area (Å²) in [6.45, 7) is 4.77. The Balaban J connectivity index is 1.64. The molecule has 0 aromatic heterocycles. The molecule has 0 heterocycles. The Morgan fingerprint density at radius 3 is 2.56 bits per heavy atom. The largest absolute Gasteiger partial charge is 0.393 e. The number of carbonyl (C=O) groups excluding carboxylic acids is 1. The van der Waals surface area contributed by atoms with Crippen molar-refractivity contribution in [1.82, 2.24) is 4.90 Å². The van der Waals surface area contributed by atoms with Gasteiger partial charge < -0.3 is 10.0 Å². The second kappa shape index (κ2) is 5.84. The molecule has 0 saturated heterocycles. The number of carbonyl (C=O) groups is 1. The molecular formula is C22H35NO2. The van der Waals surface area contributed by atoms with Crippen molar-refractivity contribution in [1.29, 1.82) is 0 Å². The average Bonchev–Trinajstić information content (AvgIpc) is 2.79. The van der Waals surface area contributed by atoms with E-state index in [1.54, 1.807) is 0 Å². The molecule has 4 aliphatic rings. The summed E-state index contributed by atoms with van der Waals surface area (Å²) in [4.78, 5) is 15.2. The summed E-state index contributed by atoms with van der Waals surface area (Å²) in [7, 11) is 4.04. The molecule has 0 amide bonds. The monoisotopic (exact) mass is 345 g/mol. The van der Waals surface area contributed by atoms with Crippen LogP contribution < -0.4 is 0 Å². The minimum atomic E-state index is -0.125. The van der Waals surface area contributed by atoms with Gasteiger partial charge in [-0.15, -0.1) is 0 Å². The quantitative estimate of drug-likeness (QED) is 0.730. The summed E-state index contributed by atoms with van der Waals surface area (Å²) in [6.07, 6.45) is 10.9. The summed E-state index contributed by atoms with van der Waals surface area (Å²) >= 11 is 0. The molecule has 3 nitrogen and oxygen atoms in total. The van der Waals surface area contributed by atoms with Crippen molar-refractivity contribution in [2.45, 2.75) is 71.3 Å². The SMILES string of the molecule is CN(C)/C=C1\C[C@H]2[C@@H]3CC[C@H]4C[C@H](O)CC[C@]4(C)[C@H]3CC[C@]2(C)C1=O. The number of fused-ring (bicyclic) bond motifs is 5. The topological polar surface area (TPSA) is 40.5 Å². The second-order valence-corrected chi connectivity index (χ2v) is 10.2. The normalized spacial score (nSPS) is 51.0. The Morgan fingerprint density at radius 2 is 1.84 bits per heavy atom. The van der Waals surface area contributed by atoms with Crippen molar-refractivity contribution in [2.24, 2.45) is 34.5 Å². The molecule has 4 rings (SSSR count). The molecule has 3 heteroatoms. The molecule has 25 heavy (non-hydrogen) atoms. The minimum absolute atomic E-state index is 0.0776. The van der Waals surface area contributed by atoms with Gasteiger partial charge in [-0.25, -0.2) is 0 Å². The van der Waals surface area contributed by atoms with Gasteiger partial charge in [-0.1, -0.05) is 13.8 Å². The highest BCUT2D eigenvalue weighted by Gasteiger charge is 2.61. The van der Waals surface area contributed by atoms with Crippen LogP contribution in [0.15, 0.2) is 11.8 Å². The van der Waals surface area contributed by atoms with Crippen molar-refractivity contribution >= 4 is 5.78 Å². The van der Waals surface area contributed by atoms with E-state index in [0.717, 1.165) is 37.2 Å².